The number of hydrogen-bond donors (Lipinski definition) is 2. The highest BCUT2D eigenvalue weighted by Crippen LogP contribution is 2.21. The highest BCUT2D eigenvalue weighted by molar-refractivity contribution is 7.98. The monoisotopic (exact) mass is 300 g/mol. The molecule has 0 unspecified atom stereocenters. The first-order valence-electron chi connectivity index (χ1n) is 6.42. The molecule has 0 saturated heterocycles. The van der Waals surface area contributed by atoms with Crippen molar-refractivity contribution < 1.29 is 9.59 Å². The van der Waals surface area contributed by atoms with Gasteiger partial charge < -0.3 is 10.6 Å². The van der Waals surface area contributed by atoms with Crippen molar-refractivity contribution in [1.29, 1.82) is 0 Å². The van der Waals surface area contributed by atoms with Crippen LogP contribution in [-0.2, 0) is 0 Å². The van der Waals surface area contributed by atoms with E-state index in [2.05, 4.69) is 10.6 Å². The number of thioether (sulfide) groups is 1. The second-order valence-electron chi connectivity index (χ2n) is 4.31. The van der Waals surface area contributed by atoms with E-state index in [0.717, 1.165) is 4.90 Å². The van der Waals surface area contributed by atoms with Gasteiger partial charge in [0.15, 0.2) is 0 Å². The fourth-order valence-electron chi connectivity index (χ4n) is 1.88. The molecule has 0 saturated carbocycles. The summed E-state index contributed by atoms with van der Waals surface area (Å²) >= 11 is 1.53. The Bertz CT molecular complexity index is 654. The molecule has 0 aliphatic carbocycles. The normalized spacial score (nSPS) is 10.0. The fraction of sp³-hybridized carbons (Fsp3) is 0.125. The first-order valence-corrected chi connectivity index (χ1v) is 7.64. The van der Waals surface area contributed by atoms with Gasteiger partial charge in [-0.15, -0.1) is 11.8 Å². The van der Waals surface area contributed by atoms with Gasteiger partial charge in [0, 0.05) is 23.2 Å². The molecule has 0 aliphatic rings. The second kappa shape index (κ2) is 6.95. The summed E-state index contributed by atoms with van der Waals surface area (Å²) in [6.07, 6.45) is 1.93. The first-order chi connectivity index (χ1) is 10.2. The van der Waals surface area contributed by atoms with Crippen molar-refractivity contribution in [2.75, 3.05) is 18.6 Å². The summed E-state index contributed by atoms with van der Waals surface area (Å²) in [5, 5.41) is 5.39. The molecular weight excluding hydrogens is 284 g/mol. The van der Waals surface area contributed by atoms with Gasteiger partial charge in [-0.1, -0.05) is 12.1 Å². The predicted molar refractivity (Wildman–Crippen MR) is 86.0 cm³/mol. The molecule has 21 heavy (non-hydrogen) atoms. The zero-order valence-corrected chi connectivity index (χ0v) is 12.7. The van der Waals surface area contributed by atoms with Crippen LogP contribution in [-0.4, -0.2) is 25.1 Å². The SMILES string of the molecule is CNC(=O)c1ccc(NC(=O)c2ccccc2SC)cc1. The molecule has 0 atom stereocenters. The Morgan fingerprint density at radius 2 is 1.62 bits per heavy atom. The number of anilines is 1. The molecule has 0 radical (unpaired) electrons. The van der Waals surface area contributed by atoms with Crippen molar-refractivity contribution in [1.82, 2.24) is 5.32 Å². The Kier molecular flexibility index (Phi) is 5.00. The van der Waals surface area contributed by atoms with Gasteiger partial charge in [0.25, 0.3) is 11.8 Å². The van der Waals surface area contributed by atoms with Crippen LogP contribution in [0.5, 0.6) is 0 Å². The van der Waals surface area contributed by atoms with E-state index in [-0.39, 0.29) is 11.8 Å². The van der Waals surface area contributed by atoms with Gasteiger partial charge in [-0.25, -0.2) is 0 Å². The molecule has 0 aliphatic heterocycles. The lowest BCUT2D eigenvalue weighted by Gasteiger charge is -2.09. The van der Waals surface area contributed by atoms with Crippen LogP contribution >= 0.6 is 11.8 Å². The molecule has 5 heteroatoms. The van der Waals surface area contributed by atoms with Crippen molar-refractivity contribution in [3.05, 3.63) is 59.7 Å². The van der Waals surface area contributed by atoms with Crippen LogP contribution in [0.15, 0.2) is 53.4 Å². The van der Waals surface area contributed by atoms with E-state index < -0.39 is 0 Å². The average Bonchev–Trinajstić information content (AvgIpc) is 2.54. The molecule has 2 amide bonds. The molecular formula is C16H16N2O2S. The van der Waals surface area contributed by atoms with Gasteiger partial charge >= 0.3 is 0 Å². The second-order valence-corrected chi connectivity index (χ2v) is 5.16. The smallest absolute Gasteiger partial charge is 0.256 e. The third-order valence-electron chi connectivity index (χ3n) is 2.98. The van der Waals surface area contributed by atoms with E-state index in [1.807, 2.05) is 24.5 Å². The van der Waals surface area contributed by atoms with Gasteiger partial charge in [-0.05, 0) is 42.7 Å². The van der Waals surface area contributed by atoms with E-state index in [9.17, 15) is 9.59 Å². The molecule has 108 valence electrons. The summed E-state index contributed by atoms with van der Waals surface area (Å²) in [5.74, 6) is -0.312. The van der Waals surface area contributed by atoms with Gasteiger partial charge in [-0.3, -0.25) is 9.59 Å². The molecule has 2 N–H and O–H groups in total. The molecule has 0 heterocycles. The quantitative estimate of drug-likeness (QED) is 0.853. The largest absolute Gasteiger partial charge is 0.355 e. The van der Waals surface area contributed by atoms with E-state index in [1.165, 1.54) is 11.8 Å². The summed E-state index contributed by atoms with van der Waals surface area (Å²) in [6.45, 7) is 0. The minimum absolute atomic E-state index is 0.152. The Balaban J connectivity index is 2.14. The van der Waals surface area contributed by atoms with Crippen LogP contribution in [0.25, 0.3) is 0 Å². The van der Waals surface area contributed by atoms with Crippen molar-refractivity contribution in [3.8, 4) is 0 Å². The van der Waals surface area contributed by atoms with Gasteiger partial charge in [-0.2, -0.15) is 0 Å². The molecule has 0 aromatic heterocycles. The Morgan fingerprint density at radius 3 is 2.24 bits per heavy atom. The predicted octanol–water partition coefficient (Wildman–Crippen LogP) is 3.02. The van der Waals surface area contributed by atoms with Crippen molar-refractivity contribution in [2.45, 2.75) is 4.90 Å². The summed E-state index contributed by atoms with van der Waals surface area (Å²) in [6, 6.07) is 14.2. The van der Waals surface area contributed by atoms with E-state index in [1.54, 1.807) is 37.4 Å². The van der Waals surface area contributed by atoms with Gasteiger partial charge in [0.1, 0.15) is 0 Å². The molecule has 2 aromatic carbocycles. The van der Waals surface area contributed by atoms with Crippen molar-refractivity contribution in [2.24, 2.45) is 0 Å². The van der Waals surface area contributed by atoms with Gasteiger partial charge in [0.2, 0.25) is 0 Å². The molecule has 0 spiro atoms. The van der Waals surface area contributed by atoms with Crippen LogP contribution in [0.4, 0.5) is 5.69 Å². The Morgan fingerprint density at radius 1 is 0.952 bits per heavy atom. The summed E-state index contributed by atoms with van der Waals surface area (Å²) in [5.41, 5.74) is 1.85. The lowest BCUT2D eigenvalue weighted by atomic mass is 10.1. The molecule has 0 bridgehead atoms. The van der Waals surface area contributed by atoms with Crippen LogP contribution in [0.3, 0.4) is 0 Å². The van der Waals surface area contributed by atoms with Crippen LogP contribution in [0.1, 0.15) is 20.7 Å². The third kappa shape index (κ3) is 3.64. The van der Waals surface area contributed by atoms with E-state index in [4.69, 9.17) is 0 Å². The zero-order valence-electron chi connectivity index (χ0n) is 11.8. The molecule has 4 nitrogen and oxygen atoms in total. The summed E-state index contributed by atoms with van der Waals surface area (Å²) in [4.78, 5) is 24.6. The molecule has 2 aromatic rings. The average molecular weight is 300 g/mol. The van der Waals surface area contributed by atoms with Crippen LogP contribution in [0, 0.1) is 0 Å². The topological polar surface area (TPSA) is 58.2 Å². The lowest BCUT2D eigenvalue weighted by Crippen LogP contribution is -2.18. The lowest BCUT2D eigenvalue weighted by molar-refractivity contribution is 0.0962. The van der Waals surface area contributed by atoms with Crippen molar-refractivity contribution in [3.63, 3.8) is 0 Å². The maximum absolute atomic E-state index is 12.3. The highest BCUT2D eigenvalue weighted by atomic mass is 32.2. The summed E-state index contributed by atoms with van der Waals surface area (Å²) < 4.78 is 0. The van der Waals surface area contributed by atoms with E-state index >= 15 is 0 Å². The molecule has 2 rings (SSSR count). The Labute approximate surface area is 127 Å². The minimum atomic E-state index is -0.160. The fourth-order valence-corrected chi connectivity index (χ4v) is 2.48. The maximum Gasteiger partial charge on any atom is 0.256 e. The number of carbonyl (C=O) groups excluding carboxylic acids is 2. The first kappa shape index (κ1) is 15.1. The third-order valence-corrected chi connectivity index (χ3v) is 3.78. The number of rotatable bonds is 4. The zero-order chi connectivity index (χ0) is 15.2. The van der Waals surface area contributed by atoms with Crippen LogP contribution in [0.2, 0.25) is 0 Å². The van der Waals surface area contributed by atoms with Gasteiger partial charge in [0.05, 0.1) is 5.56 Å². The standard InChI is InChI=1S/C16H16N2O2S/c1-17-15(19)11-7-9-12(10-8-11)18-16(20)13-5-3-4-6-14(13)21-2/h3-10H,1-2H3,(H,17,19)(H,18,20). The summed E-state index contributed by atoms with van der Waals surface area (Å²) in [7, 11) is 1.58. The minimum Gasteiger partial charge on any atom is -0.355 e. The maximum atomic E-state index is 12.3. The number of hydrogen-bond acceptors (Lipinski definition) is 3. The number of carbonyl (C=O) groups is 2. The Hall–Kier alpha value is -2.27. The number of nitrogens with one attached hydrogen (secondary N) is 2. The number of amides is 2. The van der Waals surface area contributed by atoms with Crippen molar-refractivity contribution >= 4 is 29.3 Å². The van der Waals surface area contributed by atoms with E-state index in [0.29, 0.717) is 16.8 Å². The van der Waals surface area contributed by atoms with Crippen LogP contribution < -0.4 is 10.6 Å². The highest BCUT2D eigenvalue weighted by Gasteiger charge is 2.11. The molecule has 0 fully saturated rings. The number of benzene rings is 2.